The van der Waals surface area contributed by atoms with Gasteiger partial charge in [0.1, 0.15) is 0 Å². The van der Waals surface area contributed by atoms with Crippen LogP contribution in [0.2, 0.25) is 0 Å². The van der Waals surface area contributed by atoms with Crippen LogP contribution >= 0.6 is 0 Å². The molecule has 0 aromatic carbocycles. The fraction of sp³-hybridized carbons (Fsp3) is 0.469. The van der Waals surface area contributed by atoms with E-state index in [9.17, 15) is 22.8 Å². The summed E-state index contributed by atoms with van der Waals surface area (Å²) in [7, 11) is 1.97. The average Bonchev–Trinajstić information content (AvgIpc) is 3.03. The lowest BCUT2D eigenvalue weighted by atomic mass is 10.0. The van der Waals surface area contributed by atoms with Gasteiger partial charge in [-0.05, 0) is 57.6 Å². The Morgan fingerprint density at radius 1 is 0.978 bits per heavy atom. The molecule has 3 aromatic rings. The highest BCUT2D eigenvalue weighted by molar-refractivity contribution is 5.99. The maximum atomic E-state index is 14.0. The monoisotopic (exact) mass is 641 g/mol. The number of alkyl halides is 3. The minimum absolute atomic E-state index is 0.0184. The van der Waals surface area contributed by atoms with Gasteiger partial charge in [0.15, 0.2) is 11.4 Å². The highest BCUT2D eigenvalue weighted by Gasteiger charge is 2.40. The number of anilines is 1. The lowest BCUT2D eigenvalue weighted by Crippen LogP contribution is -2.58. The van der Waals surface area contributed by atoms with Gasteiger partial charge in [-0.15, -0.1) is 0 Å². The van der Waals surface area contributed by atoms with Gasteiger partial charge in [-0.1, -0.05) is 6.92 Å². The van der Waals surface area contributed by atoms with Crippen molar-refractivity contribution in [3.8, 4) is 23.0 Å². The van der Waals surface area contributed by atoms with E-state index in [0.29, 0.717) is 35.9 Å². The summed E-state index contributed by atoms with van der Waals surface area (Å²) in [5, 5.41) is 3.07. The van der Waals surface area contributed by atoms with Crippen LogP contribution in [0.3, 0.4) is 0 Å². The molecule has 2 amide bonds. The minimum Gasteiger partial charge on any atom is -0.478 e. The molecule has 1 atom stereocenters. The zero-order valence-corrected chi connectivity index (χ0v) is 26.3. The lowest BCUT2D eigenvalue weighted by molar-refractivity contribution is -0.141. The number of hydrogen-bond acceptors (Lipinski definition) is 9. The van der Waals surface area contributed by atoms with Crippen LogP contribution in [0.15, 0.2) is 42.6 Å². The van der Waals surface area contributed by atoms with Gasteiger partial charge in [0.25, 0.3) is 11.8 Å². The number of amides is 2. The minimum atomic E-state index is -4.84. The Hall–Kier alpha value is -4.46. The molecular weight excluding hydrogens is 603 g/mol. The number of likely N-dealkylation sites (N-methyl/N-ethyl adjacent to an activating group) is 1. The number of hydrogen-bond donors (Lipinski definition) is 1. The van der Waals surface area contributed by atoms with Crippen molar-refractivity contribution in [2.45, 2.75) is 45.5 Å². The Morgan fingerprint density at radius 2 is 1.74 bits per heavy atom. The molecule has 0 saturated carbocycles. The Labute approximate surface area is 265 Å². The van der Waals surface area contributed by atoms with Crippen LogP contribution in [0, 0.1) is 0 Å². The second-order valence-electron chi connectivity index (χ2n) is 11.2. The molecule has 2 saturated heterocycles. The molecule has 2 aliphatic heterocycles. The SMILES string of the molecule is CCOc1ccc(C(=O)N2CCN(c3ccc(-c4cccnc4OCC)nc3C(=O)NC3CN(C)C3)[C@H](CC)C2)c(C(F)(F)F)n1. The molecule has 0 aliphatic carbocycles. The molecular formula is C32H38F3N7O4. The fourth-order valence-corrected chi connectivity index (χ4v) is 5.82. The van der Waals surface area contributed by atoms with E-state index in [4.69, 9.17) is 14.5 Å². The smallest absolute Gasteiger partial charge is 0.434 e. The van der Waals surface area contributed by atoms with Gasteiger partial charge in [-0.3, -0.25) is 9.59 Å². The van der Waals surface area contributed by atoms with Crippen molar-refractivity contribution >= 4 is 17.5 Å². The summed E-state index contributed by atoms with van der Waals surface area (Å²) in [5.41, 5.74) is 0.138. The number of halogens is 3. The van der Waals surface area contributed by atoms with E-state index >= 15 is 0 Å². The topological polar surface area (TPSA) is 113 Å². The summed E-state index contributed by atoms with van der Waals surface area (Å²) in [5.74, 6) is -0.891. The first-order chi connectivity index (χ1) is 22.0. The molecule has 1 N–H and O–H groups in total. The molecule has 0 spiro atoms. The van der Waals surface area contributed by atoms with Crippen LogP contribution in [0.4, 0.5) is 18.9 Å². The molecule has 0 unspecified atom stereocenters. The molecule has 246 valence electrons. The predicted molar refractivity (Wildman–Crippen MR) is 165 cm³/mol. The number of rotatable bonds is 10. The molecule has 11 nitrogen and oxygen atoms in total. The van der Waals surface area contributed by atoms with Crippen molar-refractivity contribution in [1.82, 2.24) is 30.1 Å². The Balaban J connectivity index is 1.45. The standard InChI is InChI=1S/C32H38F3N7O4/c1-5-21-19-41(31(44)23-10-13-26(45-6-2)39-28(23)32(33,34)35)15-16-42(21)25-12-11-24(22-9-8-14-36-30(22)46-7-3)38-27(25)29(43)37-20-17-40(4)18-20/h8-14,20-21H,5-7,15-19H2,1-4H3,(H,37,43)/t21-/m1/s1. The number of nitrogens with zero attached hydrogens (tertiary/aromatic N) is 6. The van der Waals surface area contributed by atoms with Gasteiger partial charge in [-0.2, -0.15) is 13.2 Å². The zero-order chi connectivity index (χ0) is 33.0. The highest BCUT2D eigenvalue weighted by atomic mass is 19.4. The maximum Gasteiger partial charge on any atom is 0.434 e. The second kappa shape index (κ2) is 13.9. The summed E-state index contributed by atoms with van der Waals surface area (Å²) in [6.45, 7) is 7.97. The number of ether oxygens (including phenoxy) is 2. The van der Waals surface area contributed by atoms with Crippen LogP contribution < -0.4 is 19.7 Å². The third-order valence-electron chi connectivity index (χ3n) is 8.03. The summed E-state index contributed by atoms with van der Waals surface area (Å²) in [4.78, 5) is 45.5. The first-order valence-electron chi connectivity index (χ1n) is 15.4. The third kappa shape index (κ3) is 7.01. The predicted octanol–water partition coefficient (Wildman–Crippen LogP) is 4.14. The lowest BCUT2D eigenvalue weighted by Gasteiger charge is -2.43. The number of aromatic nitrogens is 3. The number of piperazine rings is 1. The Morgan fingerprint density at radius 3 is 2.41 bits per heavy atom. The van der Waals surface area contributed by atoms with Crippen molar-refractivity contribution in [3.63, 3.8) is 0 Å². The molecule has 46 heavy (non-hydrogen) atoms. The van der Waals surface area contributed by atoms with E-state index in [1.165, 1.54) is 11.0 Å². The first-order valence-corrected chi connectivity index (χ1v) is 15.4. The molecule has 2 fully saturated rings. The van der Waals surface area contributed by atoms with Crippen LogP contribution in [0.25, 0.3) is 11.3 Å². The number of carbonyl (C=O) groups excluding carboxylic acids is 2. The van der Waals surface area contributed by atoms with Gasteiger partial charge in [0.2, 0.25) is 11.8 Å². The summed E-state index contributed by atoms with van der Waals surface area (Å²) in [6, 6.07) is 9.30. The summed E-state index contributed by atoms with van der Waals surface area (Å²) < 4.78 is 52.7. The van der Waals surface area contributed by atoms with Gasteiger partial charge >= 0.3 is 6.18 Å². The van der Waals surface area contributed by atoms with E-state index in [2.05, 4.69) is 20.2 Å². The number of pyridine rings is 3. The molecule has 14 heteroatoms. The van der Waals surface area contributed by atoms with Crippen LogP contribution in [0.5, 0.6) is 11.8 Å². The van der Waals surface area contributed by atoms with Crippen molar-refractivity contribution < 1.29 is 32.2 Å². The van der Waals surface area contributed by atoms with Gasteiger partial charge in [0.05, 0.1) is 41.8 Å². The average molecular weight is 642 g/mol. The summed E-state index contributed by atoms with van der Waals surface area (Å²) >= 11 is 0. The van der Waals surface area contributed by atoms with Gasteiger partial charge < -0.3 is 29.5 Å². The number of likely N-dealkylation sites (tertiary alicyclic amines) is 1. The third-order valence-corrected chi connectivity index (χ3v) is 8.03. The molecule has 3 aromatic heterocycles. The van der Waals surface area contributed by atoms with E-state index in [-0.39, 0.29) is 55.8 Å². The normalized spacial score (nSPS) is 17.4. The van der Waals surface area contributed by atoms with Crippen molar-refractivity contribution in [3.05, 3.63) is 59.5 Å². The first kappa shape index (κ1) is 32.9. The molecule has 5 heterocycles. The van der Waals surface area contributed by atoms with Crippen LogP contribution in [-0.4, -0.2) is 102 Å². The second-order valence-corrected chi connectivity index (χ2v) is 11.2. The zero-order valence-electron chi connectivity index (χ0n) is 26.3. The molecule has 2 aliphatic rings. The Kier molecular flexibility index (Phi) is 9.94. The summed E-state index contributed by atoms with van der Waals surface area (Å²) in [6.07, 6.45) is -2.66. The molecule has 0 radical (unpaired) electrons. The highest BCUT2D eigenvalue weighted by Crippen LogP contribution is 2.35. The van der Waals surface area contributed by atoms with E-state index in [0.717, 1.165) is 19.2 Å². The van der Waals surface area contributed by atoms with Crippen LogP contribution in [-0.2, 0) is 6.18 Å². The molecule has 5 rings (SSSR count). The van der Waals surface area contributed by atoms with Crippen LogP contribution in [0.1, 0.15) is 53.7 Å². The van der Waals surface area contributed by atoms with Crippen molar-refractivity contribution in [2.75, 3.05) is 57.9 Å². The van der Waals surface area contributed by atoms with Gasteiger partial charge in [-0.25, -0.2) is 15.0 Å². The van der Waals surface area contributed by atoms with Crippen molar-refractivity contribution in [2.24, 2.45) is 0 Å². The van der Waals surface area contributed by atoms with E-state index in [1.807, 2.05) is 37.9 Å². The molecule has 0 bridgehead atoms. The van der Waals surface area contributed by atoms with Gasteiger partial charge in [0, 0.05) is 51.0 Å². The maximum absolute atomic E-state index is 14.0. The quantitative estimate of drug-likeness (QED) is 0.349. The van der Waals surface area contributed by atoms with Crippen molar-refractivity contribution in [1.29, 1.82) is 0 Å². The van der Waals surface area contributed by atoms with E-state index < -0.39 is 23.3 Å². The van der Waals surface area contributed by atoms with E-state index in [1.54, 1.807) is 25.3 Å². The number of carbonyl (C=O) groups is 2. The largest absolute Gasteiger partial charge is 0.478 e. The number of nitrogens with one attached hydrogen (secondary N) is 1. The fourth-order valence-electron chi connectivity index (χ4n) is 5.82. The Bertz CT molecular complexity index is 1560.